The predicted molar refractivity (Wildman–Crippen MR) is 121 cm³/mol. The molecule has 3 heterocycles. The van der Waals surface area contributed by atoms with Crippen LogP contribution in [0.3, 0.4) is 0 Å². The third-order valence-electron chi connectivity index (χ3n) is 6.05. The summed E-state index contributed by atoms with van der Waals surface area (Å²) in [4.78, 5) is 42.1. The minimum atomic E-state index is -4.50. The third kappa shape index (κ3) is 3.94. The fourth-order valence-corrected chi connectivity index (χ4v) is 4.89. The van der Waals surface area contributed by atoms with Crippen molar-refractivity contribution in [3.8, 4) is 11.1 Å². The maximum Gasteiger partial charge on any atom is 0.416 e. The van der Waals surface area contributed by atoms with Crippen LogP contribution >= 0.6 is 11.3 Å². The second kappa shape index (κ2) is 8.28. The van der Waals surface area contributed by atoms with Gasteiger partial charge < -0.3 is 15.1 Å². The van der Waals surface area contributed by atoms with Gasteiger partial charge in [-0.3, -0.25) is 14.4 Å². The Morgan fingerprint density at radius 2 is 1.76 bits per heavy atom. The van der Waals surface area contributed by atoms with E-state index >= 15 is 0 Å². The minimum absolute atomic E-state index is 0.0528. The topological polar surface area (TPSA) is 69.7 Å². The van der Waals surface area contributed by atoms with Gasteiger partial charge in [-0.15, -0.1) is 0 Å². The lowest BCUT2D eigenvalue weighted by Crippen LogP contribution is -2.59. The third-order valence-corrected chi connectivity index (χ3v) is 6.74. The summed E-state index contributed by atoms with van der Waals surface area (Å²) >= 11 is 1.54. The Labute approximate surface area is 196 Å². The summed E-state index contributed by atoms with van der Waals surface area (Å²) in [6.45, 7) is 0.239. The van der Waals surface area contributed by atoms with Crippen LogP contribution in [0, 0.1) is 0 Å². The van der Waals surface area contributed by atoms with Crippen molar-refractivity contribution in [2.75, 3.05) is 25.0 Å². The molecule has 2 aliphatic heterocycles. The van der Waals surface area contributed by atoms with Crippen LogP contribution < -0.4 is 5.32 Å². The van der Waals surface area contributed by atoms with Gasteiger partial charge in [-0.2, -0.15) is 24.5 Å². The maximum atomic E-state index is 13.3. The minimum Gasteiger partial charge on any atom is -0.334 e. The molecule has 6 nitrogen and oxygen atoms in total. The van der Waals surface area contributed by atoms with Crippen molar-refractivity contribution in [2.24, 2.45) is 0 Å². The Kier molecular flexibility index (Phi) is 5.40. The number of halogens is 3. The Balaban J connectivity index is 1.38. The molecule has 0 bridgehead atoms. The van der Waals surface area contributed by atoms with Crippen LogP contribution in [0.1, 0.15) is 26.3 Å². The van der Waals surface area contributed by atoms with E-state index in [0.717, 1.165) is 35.4 Å². The Hall–Kier alpha value is -3.66. The lowest BCUT2D eigenvalue weighted by atomic mass is 10.0. The van der Waals surface area contributed by atoms with Gasteiger partial charge in [0.05, 0.1) is 23.4 Å². The zero-order valence-corrected chi connectivity index (χ0v) is 18.4. The molecule has 0 aliphatic carbocycles. The van der Waals surface area contributed by atoms with E-state index in [4.69, 9.17) is 0 Å². The zero-order valence-electron chi connectivity index (χ0n) is 17.6. The van der Waals surface area contributed by atoms with Gasteiger partial charge >= 0.3 is 6.18 Å². The number of fused-ring (bicyclic) bond motifs is 2. The number of amides is 3. The van der Waals surface area contributed by atoms with E-state index in [1.165, 1.54) is 9.80 Å². The van der Waals surface area contributed by atoms with Gasteiger partial charge in [-0.25, -0.2) is 0 Å². The number of rotatable bonds is 2. The lowest BCUT2D eigenvalue weighted by Gasteiger charge is -2.39. The van der Waals surface area contributed by atoms with Crippen LogP contribution in [-0.2, 0) is 11.0 Å². The molecule has 0 saturated carbocycles. The van der Waals surface area contributed by atoms with Gasteiger partial charge in [-0.05, 0) is 64.4 Å². The lowest BCUT2D eigenvalue weighted by molar-refractivity contribution is -0.137. The second-order valence-electron chi connectivity index (χ2n) is 8.10. The molecule has 1 fully saturated rings. The summed E-state index contributed by atoms with van der Waals surface area (Å²) in [6.07, 6.45) is -4.50. The first-order valence-corrected chi connectivity index (χ1v) is 11.4. The molecule has 2 aromatic carbocycles. The normalized spacial score (nSPS) is 18.1. The van der Waals surface area contributed by atoms with Crippen LogP contribution in [0.15, 0.2) is 59.3 Å². The van der Waals surface area contributed by atoms with E-state index in [1.54, 1.807) is 23.5 Å². The highest BCUT2D eigenvalue weighted by Crippen LogP contribution is 2.32. The van der Waals surface area contributed by atoms with Crippen molar-refractivity contribution in [1.29, 1.82) is 0 Å². The molecule has 1 saturated heterocycles. The summed E-state index contributed by atoms with van der Waals surface area (Å²) < 4.78 is 38.5. The largest absolute Gasteiger partial charge is 0.416 e. The molecule has 34 heavy (non-hydrogen) atoms. The van der Waals surface area contributed by atoms with Crippen LogP contribution in [0.25, 0.3) is 11.1 Å². The van der Waals surface area contributed by atoms with Crippen LogP contribution in [-0.4, -0.2) is 53.2 Å². The summed E-state index contributed by atoms with van der Waals surface area (Å²) in [6, 6.07) is 10.3. The Bertz CT molecular complexity index is 1270. The SMILES string of the molecule is O=C1Nc2ccc(-c3ccsc3)cc2C(=O)N2CCN(C(=O)c3ccc(C(F)(F)F)cc3)CC12. The summed E-state index contributed by atoms with van der Waals surface area (Å²) in [5.74, 6) is -1.22. The molecule has 174 valence electrons. The number of nitrogens with zero attached hydrogens (tertiary/aromatic N) is 2. The molecule has 5 rings (SSSR count). The van der Waals surface area contributed by atoms with Crippen molar-refractivity contribution < 1.29 is 27.6 Å². The molecule has 0 radical (unpaired) electrons. The molecule has 1 aromatic heterocycles. The number of carbonyl (C=O) groups is 3. The average molecular weight is 485 g/mol. The number of hydrogen-bond donors (Lipinski definition) is 1. The van der Waals surface area contributed by atoms with Crippen LogP contribution in [0.4, 0.5) is 18.9 Å². The molecular weight excluding hydrogens is 467 g/mol. The standard InChI is InChI=1S/C24H18F3N3O3S/c25-24(26,27)17-4-1-14(2-5-17)22(32)29-8-9-30-20(12-29)21(31)28-19-6-3-15(11-18(19)23(30)33)16-7-10-34-13-16/h1-7,10-11,13,20H,8-9,12H2,(H,28,31). The first-order valence-electron chi connectivity index (χ1n) is 10.5. The summed E-state index contributed by atoms with van der Waals surface area (Å²) in [5, 5.41) is 6.69. The van der Waals surface area contributed by atoms with Crippen molar-refractivity contribution in [2.45, 2.75) is 12.2 Å². The smallest absolute Gasteiger partial charge is 0.334 e. The highest BCUT2D eigenvalue weighted by molar-refractivity contribution is 7.08. The average Bonchev–Trinajstić information content (AvgIpc) is 3.34. The second-order valence-corrected chi connectivity index (χ2v) is 8.88. The van der Waals surface area contributed by atoms with E-state index < -0.39 is 29.6 Å². The molecule has 10 heteroatoms. The van der Waals surface area contributed by atoms with Crippen molar-refractivity contribution in [3.63, 3.8) is 0 Å². The molecule has 3 amide bonds. The van der Waals surface area contributed by atoms with Gasteiger partial charge in [-0.1, -0.05) is 6.07 Å². The quantitative estimate of drug-likeness (QED) is 0.587. The highest BCUT2D eigenvalue weighted by atomic mass is 32.1. The van der Waals surface area contributed by atoms with E-state index in [0.29, 0.717) is 11.3 Å². The van der Waals surface area contributed by atoms with E-state index in [-0.39, 0.29) is 31.1 Å². The molecule has 2 aliphatic rings. The molecule has 3 aromatic rings. The number of thiophene rings is 1. The summed E-state index contributed by atoms with van der Waals surface area (Å²) in [5.41, 5.74) is 1.86. The van der Waals surface area contributed by atoms with Gasteiger partial charge in [0.1, 0.15) is 6.04 Å². The number of hydrogen-bond acceptors (Lipinski definition) is 4. The first-order chi connectivity index (χ1) is 16.2. The molecule has 1 unspecified atom stereocenters. The van der Waals surface area contributed by atoms with E-state index in [9.17, 15) is 27.6 Å². The first kappa shape index (κ1) is 22.1. The number of benzene rings is 2. The van der Waals surface area contributed by atoms with E-state index in [2.05, 4.69) is 5.32 Å². The molecular formula is C24H18F3N3O3S. The number of piperazine rings is 1. The van der Waals surface area contributed by atoms with Crippen molar-refractivity contribution in [1.82, 2.24) is 9.80 Å². The van der Waals surface area contributed by atoms with E-state index in [1.807, 2.05) is 22.9 Å². The maximum absolute atomic E-state index is 13.3. The van der Waals surface area contributed by atoms with Gasteiger partial charge in [0, 0.05) is 18.7 Å². The Morgan fingerprint density at radius 1 is 1.00 bits per heavy atom. The zero-order chi connectivity index (χ0) is 24.0. The fraction of sp³-hybridized carbons (Fsp3) is 0.208. The molecule has 1 N–H and O–H groups in total. The molecule has 0 spiro atoms. The van der Waals surface area contributed by atoms with Gasteiger partial charge in [0.25, 0.3) is 11.8 Å². The Morgan fingerprint density at radius 3 is 2.44 bits per heavy atom. The van der Waals surface area contributed by atoms with Gasteiger partial charge in [0.15, 0.2) is 0 Å². The number of nitrogens with one attached hydrogen (secondary N) is 1. The van der Waals surface area contributed by atoms with Crippen LogP contribution in [0.5, 0.6) is 0 Å². The van der Waals surface area contributed by atoms with Crippen molar-refractivity contribution in [3.05, 3.63) is 76.0 Å². The monoisotopic (exact) mass is 485 g/mol. The molecule has 1 atom stereocenters. The number of anilines is 1. The van der Waals surface area contributed by atoms with Crippen LogP contribution in [0.2, 0.25) is 0 Å². The van der Waals surface area contributed by atoms with Gasteiger partial charge in [0.2, 0.25) is 5.91 Å². The fourth-order valence-electron chi connectivity index (χ4n) is 4.23. The predicted octanol–water partition coefficient (Wildman–Crippen LogP) is 4.35. The van der Waals surface area contributed by atoms with Crippen molar-refractivity contribution >= 4 is 34.7 Å². The number of alkyl halides is 3. The number of carbonyl (C=O) groups excluding carboxylic acids is 3. The highest BCUT2D eigenvalue weighted by Gasteiger charge is 2.40. The summed E-state index contributed by atoms with van der Waals surface area (Å²) in [7, 11) is 0.